The molecule has 1 N–H and O–H groups in total. The number of hydrogen-bond acceptors (Lipinski definition) is 5. The zero-order valence-corrected chi connectivity index (χ0v) is 15.7. The van der Waals surface area contributed by atoms with Crippen LogP contribution in [0.15, 0.2) is 49.6 Å². The lowest BCUT2D eigenvalue weighted by Gasteiger charge is -2.22. The third-order valence-corrected chi connectivity index (χ3v) is 5.36. The Hall–Kier alpha value is -1.89. The van der Waals surface area contributed by atoms with Crippen LogP contribution in [0.2, 0.25) is 4.34 Å². The lowest BCUT2D eigenvalue weighted by Crippen LogP contribution is -2.20. The summed E-state index contributed by atoms with van der Waals surface area (Å²) in [6, 6.07) is 1.57. The predicted octanol–water partition coefficient (Wildman–Crippen LogP) is 4.58. The van der Waals surface area contributed by atoms with Crippen LogP contribution < -0.4 is 0 Å². The van der Waals surface area contributed by atoms with Gasteiger partial charge in [0.2, 0.25) is 0 Å². The van der Waals surface area contributed by atoms with Crippen molar-refractivity contribution in [2.24, 2.45) is 4.99 Å². The van der Waals surface area contributed by atoms with Gasteiger partial charge in [0, 0.05) is 28.6 Å². The number of halogens is 2. The number of carbonyl (C=O) groups excluding carboxylic acids is 1. The zero-order chi connectivity index (χ0) is 18.3. The second kappa shape index (κ2) is 6.78. The van der Waals surface area contributed by atoms with Crippen LogP contribution in [0.5, 0.6) is 0 Å². The molecule has 1 aromatic heterocycles. The number of Topliss-reactive ketones (excluding diaryl/α,β-unsaturated/α-hetero) is 1. The van der Waals surface area contributed by atoms with E-state index < -0.39 is 5.97 Å². The van der Waals surface area contributed by atoms with Crippen molar-refractivity contribution in [2.45, 2.75) is 19.8 Å². The summed E-state index contributed by atoms with van der Waals surface area (Å²) in [6.07, 6.45) is 0.0612. The molecule has 130 valence electrons. The molecule has 0 saturated carbocycles. The van der Waals surface area contributed by atoms with E-state index in [-0.39, 0.29) is 23.5 Å². The molecule has 2 heterocycles. The number of carboxylic acids is 1. The number of carboxylic acid groups (broad SMARTS) is 1. The number of rotatable bonds is 5. The molecule has 0 amide bonds. The van der Waals surface area contributed by atoms with Gasteiger partial charge in [-0.05, 0) is 18.6 Å². The minimum absolute atomic E-state index is 0.232. The molecule has 0 saturated heterocycles. The molecule has 1 aromatic rings. The van der Waals surface area contributed by atoms with Crippen LogP contribution in [0, 0.1) is 0 Å². The van der Waals surface area contributed by atoms with Crippen LogP contribution in [-0.2, 0) is 9.53 Å². The Kier molecular flexibility index (Phi) is 4.86. The number of allylic oxidation sites excluding steroid dienone is 4. The Morgan fingerprint density at radius 3 is 2.68 bits per heavy atom. The first-order chi connectivity index (χ1) is 11.8. The Labute approximate surface area is 157 Å². The summed E-state index contributed by atoms with van der Waals surface area (Å²) < 4.78 is 5.86. The van der Waals surface area contributed by atoms with Gasteiger partial charge in [0.25, 0.3) is 0 Å². The Morgan fingerprint density at radius 1 is 1.40 bits per heavy atom. The first-order valence-electron chi connectivity index (χ1n) is 7.29. The first kappa shape index (κ1) is 17.9. The molecule has 1 aliphatic carbocycles. The van der Waals surface area contributed by atoms with E-state index >= 15 is 0 Å². The molecule has 8 heteroatoms. The molecular formula is C17H13Cl2NO4S. The number of ether oxygens (including phenoxy) is 1. The Bertz CT molecular complexity index is 921. The van der Waals surface area contributed by atoms with Gasteiger partial charge in [-0.25, -0.2) is 0 Å². The highest BCUT2D eigenvalue weighted by Crippen LogP contribution is 2.42. The molecule has 0 unspecified atom stereocenters. The van der Waals surface area contributed by atoms with Gasteiger partial charge in [-0.2, -0.15) is 0 Å². The van der Waals surface area contributed by atoms with Gasteiger partial charge in [0.05, 0.1) is 34.2 Å². The number of hydrogen-bond donors (Lipinski definition) is 1. The monoisotopic (exact) mass is 397 g/mol. The van der Waals surface area contributed by atoms with Crippen molar-refractivity contribution in [1.82, 2.24) is 0 Å². The molecule has 2 aliphatic rings. The van der Waals surface area contributed by atoms with Gasteiger partial charge in [-0.1, -0.05) is 23.2 Å². The molecule has 0 atom stereocenters. The second-order valence-electron chi connectivity index (χ2n) is 5.53. The van der Waals surface area contributed by atoms with E-state index in [1.807, 2.05) is 0 Å². The molecule has 0 radical (unpaired) electrons. The lowest BCUT2D eigenvalue weighted by molar-refractivity contribution is -0.136. The van der Waals surface area contributed by atoms with Gasteiger partial charge >= 0.3 is 5.97 Å². The summed E-state index contributed by atoms with van der Waals surface area (Å²) in [5, 5.41) is 11.2. The SMILES string of the molecule is COC1=C(Cl)CC2=NC(C)=C(CC(=O)O)C2=C1C(=O)c1csc(Cl)c1. The van der Waals surface area contributed by atoms with Crippen molar-refractivity contribution >= 4 is 52.0 Å². The maximum atomic E-state index is 13.1. The number of fused-ring (bicyclic) bond motifs is 1. The number of ketones is 1. The molecule has 5 nitrogen and oxygen atoms in total. The van der Waals surface area contributed by atoms with Crippen LogP contribution in [0.25, 0.3) is 0 Å². The van der Waals surface area contributed by atoms with Crippen LogP contribution in [-0.4, -0.2) is 29.7 Å². The zero-order valence-electron chi connectivity index (χ0n) is 13.4. The predicted molar refractivity (Wildman–Crippen MR) is 97.6 cm³/mol. The van der Waals surface area contributed by atoms with Crippen molar-refractivity contribution in [1.29, 1.82) is 0 Å². The molecule has 1 aliphatic heterocycles. The molecular weight excluding hydrogens is 385 g/mol. The van der Waals surface area contributed by atoms with Crippen molar-refractivity contribution in [3.05, 3.63) is 54.6 Å². The van der Waals surface area contributed by atoms with E-state index in [4.69, 9.17) is 27.9 Å². The summed E-state index contributed by atoms with van der Waals surface area (Å²) in [6.45, 7) is 1.72. The number of aliphatic carboxylic acids is 1. The van der Waals surface area contributed by atoms with Gasteiger partial charge < -0.3 is 9.84 Å². The molecule has 0 aromatic carbocycles. The average Bonchev–Trinajstić information content (AvgIpc) is 3.09. The Morgan fingerprint density at radius 2 is 2.12 bits per heavy atom. The maximum absolute atomic E-state index is 13.1. The minimum Gasteiger partial charge on any atom is -0.495 e. The smallest absolute Gasteiger partial charge is 0.307 e. The third-order valence-electron chi connectivity index (χ3n) is 3.96. The minimum atomic E-state index is -0.997. The third kappa shape index (κ3) is 3.17. The van der Waals surface area contributed by atoms with Crippen LogP contribution >= 0.6 is 34.5 Å². The van der Waals surface area contributed by atoms with E-state index in [9.17, 15) is 14.7 Å². The molecule has 3 rings (SSSR count). The number of methoxy groups -OCH3 is 1. The maximum Gasteiger partial charge on any atom is 0.307 e. The summed E-state index contributed by atoms with van der Waals surface area (Å²) in [4.78, 5) is 28.8. The molecule has 0 spiro atoms. The van der Waals surface area contributed by atoms with E-state index in [1.54, 1.807) is 18.4 Å². The highest BCUT2D eigenvalue weighted by atomic mass is 35.5. The summed E-state index contributed by atoms with van der Waals surface area (Å²) in [5.41, 5.74) is 2.81. The van der Waals surface area contributed by atoms with Gasteiger partial charge in [0.15, 0.2) is 5.78 Å². The number of aliphatic imine (C=N–C) groups is 1. The van der Waals surface area contributed by atoms with Crippen LogP contribution in [0.3, 0.4) is 0 Å². The van der Waals surface area contributed by atoms with Gasteiger partial charge in [0.1, 0.15) is 5.76 Å². The van der Waals surface area contributed by atoms with Crippen molar-refractivity contribution in [3.63, 3.8) is 0 Å². The van der Waals surface area contributed by atoms with E-state index in [0.717, 1.165) is 0 Å². The number of carbonyl (C=O) groups is 2. The molecule has 25 heavy (non-hydrogen) atoms. The van der Waals surface area contributed by atoms with Crippen molar-refractivity contribution < 1.29 is 19.4 Å². The largest absolute Gasteiger partial charge is 0.495 e. The van der Waals surface area contributed by atoms with Gasteiger partial charge in [-0.3, -0.25) is 14.6 Å². The highest BCUT2D eigenvalue weighted by Gasteiger charge is 2.37. The fourth-order valence-electron chi connectivity index (χ4n) is 2.95. The quantitative estimate of drug-likeness (QED) is 0.737. The number of thiophene rings is 1. The summed E-state index contributed by atoms with van der Waals surface area (Å²) in [5.74, 6) is -1.07. The van der Waals surface area contributed by atoms with E-state index in [0.29, 0.717) is 43.9 Å². The summed E-state index contributed by atoms with van der Waals surface area (Å²) in [7, 11) is 1.43. The lowest BCUT2D eigenvalue weighted by atomic mass is 9.85. The standard InChI is InChI=1S/C17H13Cl2NO4S/c1-7-9(4-13(21)22)14-11(20-7)5-10(18)17(24-2)15(14)16(23)8-3-12(19)25-6-8/h3,6H,4-5H2,1-2H3,(H,21,22). The molecule has 0 bridgehead atoms. The fourth-order valence-corrected chi connectivity index (χ4v) is 4.11. The van der Waals surface area contributed by atoms with Crippen LogP contribution in [0.4, 0.5) is 0 Å². The average molecular weight is 398 g/mol. The summed E-state index contributed by atoms with van der Waals surface area (Å²) >= 11 is 13.5. The van der Waals surface area contributed by atoms with Crippen molar-refractivity contribution in [3.8, 4) is 0 Å². The van der Waals surface area contributed by atoms with Gasteiger partial charge in [-0.15, -0.1) is 11.3 Å². The molecule has 0 fully saturated rings. The topological polar surface area (TPSA) is 76.0 Å². The van der Waals surface area contributed by atoms with E-state index in [1.165, 1.54) is 18.4 Å². The second-order valence-corrected chi connectivity index (χ2v) is 7.53. The first-order valence-corrected chi connectivity index (χ1v) is 8.93. The normalized spacial score (nSPS) is 17.0. The van der Waals surface area contributed by atoms with Crippen LogP contribution in [0.1, 0.15) is 30.1 Å². The van der Waals surface area contributed by atoms with Crippen molar-refractivity contribution in [2.75, 3.05) is 7.11 Å². The highest BCUT2D eigenvalue weighted by molar-refractivity contribution is 7.14. The fraction of sp³-hybridized carbons (Fsp3) is 0.235. The Balaban J connectivity index is 2.23. The number of nitrogens with zero attached hydrogens (tertiary/aromatic N) is 1. The van der Waals surface area contributed by atoms with E-state index in [2.05, 4.69) is 4.99 Å².